The molecule has 0 radical (unpaired) electrons. The molecule has 0 saturated heterocycles. The minimum atomic E-state index is -0.199. The van der Waals surface area contributed by atoms with Gasteiger partial charge in [0.15, 0.2) is 0 Å². The summed E-state index contributed by atoms with van der Waals surface area (Å²) >= 11 is 1.26. The molecule has 7 heteroatoms. The molecule has 19 heavy (non-hydrogen) atoms. The van der Waals surface area contributed by atoms with Crippen LogP contribution in [-0.4, -0.2) is 36.4 Å². The normalized spacial score (nSPS) is 10.9. The number of fused-ring (bicyclic) bond motifs is 1. The van der Waals surface area contributed by atoms with E-state index in [9.17, 15) is 4.79 Å². The van der Waals surface area contributed by atoms with Crippen molar-refractivity contribution in [2.45, 2.75) is 13.8 Å². The first-order valence-electron chi connectivity index (χ1n) is 5.85. The fourth-order valence-corrected chi connectivity index (χ4v) is 2.77. The van der Waals surface area contributed by atoms with Crippen molar-refractivity contribution in [2.75, 3.05) is 26.0 Å². The first kappa shape index (κ1) is 13.7. The summed E-state index contributed by atoms with van der Waals surface area (Å²) in [4.78, 5) is 13.2. The van der Waals surface area contributed by atoms with Crippen molar-refractivity contribution >= 4 is 33.1 Å². The van der Waals surface area contributed by atoms with Crippen LogP contribution >= 0.6 is 11.3 Å². The Balaban J connectivity index is 2.37. The van der Waals surface area contributed by atoms with E-state index in [1.54, 1.807) is 7.11 Å². The fraction of sp³-hybridized carbons (Fsp3) is 0.417. The molecule has 0 spiro atoms. The third-order valence-electron chi connectivity index (χ3n) is 2.93. The Bertz CT molecular complexity index is 624. The first-order chi connectivity index (χ1) is 9.06. The van der Waals surface area contributed by atoms with Gasteiger partial charge in [-0.2, -0.15) is 5.10 Å². The molecule has 0 fully saturated rings. The first-order valence-corrected chi connectivity index (χ1v) is 6.67. The van der Waals surface area contributed by atoms with Gasteiger partial charge >= 0.3 is 0 Å². The van der Waals surface area contributed by atoms with Crippen LogP contribution < -0.4 is 11.1 Å². The second kappa shape index (κ2) is 5.50. The number of aryl methyl sites for hydroxylation is 2. The van der Waals surface area contributed by atoms with E-state index in [1.807, 2.05) is 13.8 Å². The average molecular weight is 280 g/mol. The zero-order valence-corrected chi connectivity index (χ0v) is 11.9. The van der Waals surface area contributed by atoms with Crippen LogP contribution in [0.5, 0.6) is 0 Å². The Morgan fingerprint density at radius 3 is 2.84 bits per heavy atom. The van der Waals surface area contributed by atoms with E-state index in [1.165, 1.54) is 11.3 Å². The van der Waals surface area contributed by atoms with Gasteiger partial charge in [0.25, 0.3) is 5.91 Å². The van der Waals surface area contributed by atoms with Gasteiger partial charge < -0.3 is 15.8 Å². The van der Waals surface area contributed by atoms with Crippen molar-refractivity contribution in [3.63, 3.8) is 0 Å². The van der Waals surface area contributed by atoms with Crippen LogP contribution in [0.3, 0.4) is 0 Å². The lowest BCUT2D eigenvalue weighted by Crippen LogP contribution is -2.26. The molecule has 0 aliphatic carbocycles. The van der Waals surface area contributed by atoms with E-state index in [4.69, 9.17) is 10.5 Å². The number of nitrogens with zero attached hydrogens (tertiary/aromatic N) is 2. The quantitative estimate of drug-likeness (QED) is 0.823. The van der Waals surface area contributed by atoms with Gasteiger partial charge in [-0.15, -0.1) is 16.4 Å². The number of rotatable bonds is 4. The van der Waals surface area contributed by atoms with E-state index in [0.29, 0.717) is 28.5 Å². The van der Waals surface area contributed by atoms with Crippen LogP contribution in [0, 0.1) is 13.8 Å². The van der Waals surface area contributed by atoms with Gasteiger partial charge in [-0.1, -0.05) is 0 Å². The smallest absolute Gasteiger partial charge is 0.263 e. The largest absolute Gasteiger partial charge is 0.397 e. The molecule has 1 amide bonds. The zero-order valence-electron chi connectivity index (χ0n) is 11.1. The van der Waals surface area contributed by atoms with Gasteiger partial charge in [0.2, 0.25) is 0 Å². The molecule has 6 nitrogen and oxygen atoms in total. The van der Waals surface area contributed by atoms with Crippen LogP contribution in [0.25, 0.3) is 10.2 Å². The average Bonchev–Trinajstić information content (AvgIpc) is 2.72. The predicted molar refractivity (Wildman–Crippen MR) is 75.5 cm³/mol. The highest BCUT2D eigenvalue weighted by molar-refractivity contribution is 7.21. The van der Waals surface area contributed by atoms with Crippen molar-refractivity contribution in [1.82, 2.24) is 15.5 Å². The fourth-order valence-electron chi connectivity index (χ4n) is 1.76. The molecular formula is C12H16N4O2S. The number of nitrogen functional groups attached to an aromatic ring is 1. The molecular weight excluding hydrogens is 264 g/mol. The lowest BCUT2D eigenvalue weighted by atomic mass is 10.1. The van der Waals surface area contributed by atoms with Crippen LogP contribution in [0.15, 0.2) is 0 Å². The third kappa shape index (κ3) is 2.52. The topological polar surface area (TPSA) is 90.1 Å². The zero-order chi connectivity index (χ0) is 14.0. The molecule has 0 aliphatic heterocycles. The number of thiophene rings is 1. The van der Waals surface area contributed by atoms with Crippen molar-refractivity contribution in [2.24, 2.45) is 0 Å². The van der Waals surface area contributed by atoms with Gasteiger partial charge in [0.05, 0.1) is 18.0 Å². The molecule has 0 aromatic carbocycles. The summed E-state index contributed by atoms with van der Waals surface area (Å²) in [6.07, 6.45) is 0. The monoisotopic (exact) mass is 280 g/mol. The number of methoxy groups -OCH3 is 1. The van der Waals surface area contributed by atoms with Gasteiger partial charge in [-0.3, -0.25) is 4.79 Å². The van der Waals surface area contributed by atoms with E-state index in [0.717, 1.165) is 16.6 Å². The maximum absolute atomic E-state index is 12.0. The number of amides is 1. The van der Waals surface area contributed by atoms with Crippen LogP contribution in [0.4, 0.5) is 5.69 Å². The summed E-state index contributed by atoms with van der Waals surface area (Å²) in [5.41, 5.74) is 8.33. The third-order valence-corrected chi connectivity index (χ3v) is 4.02. The number of hydrogen-bond donors (Lipinski definition) is 2. The number of carbonyl (C=O) groups excluding carboxylic acids is 1. The van der Waals surface area contributed by atoms with Gasteiger partial charge in [-0.05, 0) is 19.4 Å². The molecule has 2 heterocycles. The predicted octanol–water partition coefficient (Wildman–Crippen LogP) is 1.27. The summed E-state index contributed by atoms with van der Waals surface area (Å²) in [7, 11) is 1.59. The lowest BCUT2D eigenvalue weighted by Gasteiger charge is -2.03. The molecule has 3 N–H and O–H groups in total. The Labute approximate surface area is 115 Å². The summed E-state index contributed by atoms with van der Waals surface area (Å²) < 4.78 is 4.89. The van der Waals surface area contributed by atoms with Crippen molar-refractivity contribution in [3.05, 3.63) is 16.1 Å². The van der Waals surface area contributed by atoms with E-state index in [2.05, 4.69) is 15.5 Å². The Kier molecular flexibility index (Phi) is 3.96. The summed E-state index contributed by atoms with van der Waals surface area (Å²) in [5, 5.41) is 11.7. The highest BCUT2D eigenvalue weighted by Gasteiger charge is 2.19. The summed E-state index contributed by atoms with van der Waals surface area (Å²) in [6.45, 7) is 4.72. The van der Waals surface area contributed by atoms with Crippen LogP contribution in [0.1, 0.15) is 20.9 Å². The SMILES string of the molecule is COCCNC(=O)c1sc2nnc(C)c(C)c2c1N. The number of nitrogens with two attached hydrogens (primary N) is 1. The summed E-state index contributed by atoms with van der Waals surface area (Å²) in [6, 6.07) is 0. The van der Waals surface area contributed by atoms with Crippen molar-refractivity contribution in [1.29, 1.82) is 0 Å². The number of ether oxygens (including phenoxy) is 1. The molecule has 102 valence electrons. The number of anilines is 1. The van der Waals surface area contributed by atoms with E-state index >= 15 is 0 Å². The number of aromatic nitrogens is 2. The van der Waals surface area contributed by atoms with Gasteiger partial charge in [0, 0.05) is 19.0 Å². The summed E-state index contributed by atoms with van der Waals surface area (Å²) in [5.74, 6) is -0.199. The Hall–Kier alpha value is -1.73. The highest BCUT2D eigenvalue weighted by Crippen LogP contribution is 2.34. The second-order valence-corrected chi connectivity index (χ2v) is 5.18. The molecule has 0 aliphatic rings. The van der Waals surface area contributed by atoms with E-state index < -0.39 is 0 Å². The number of nitrogens with one attached hydrogen (secondary N) is 1. The minimum Gasteiger partial charge on any atom is -0.397 e. The highest BCUT2D eigenvalue weighted by atomic mass is 32.1. The maximum Gasteiger partial charge on any atom is 0.263 e. The molecule has 0 atom stereocenters. The van der Waals surface area contributed by atoms with Crippen molar-refractivity contribution in [3.8, 4) is 0 Å². The molecule has 2 aromatic heterocycles. The molecule has 0 bridgehead atoms. The maximum atomic E-state index is 12.0. The molecule has 2 aromatic rings. The van der Waals surface area contributed by atoms with Gasteiger partial charge in [-0.25, -0.2) is 0 Å². The molecule has 2 rings (SSSR count). The minimum absolute atomic E-state index is 0.199. The van der Waals surface area contributed by atoms with Crippen molar-refractivity contribution < 1.29 is 9.53 Å². The van der Waals surface area contributed by atoms with Gasteiger partial charge in [0.1, 0.15) is 9.71 Å². The van der Waals surface area contributed by atoms with E-state index in [-0.39, 0.29) is 5.91 Å². The Morgan fingerprint density at radius 2 is 2.16 bits per heavy atom. The van der Waals surface area contributed by atoms with Crippen LogP contribution in [0.2, 0.25) is 0 Å². The molecule has 0 saturated carbocycles. The number of carbonyl (C=O) groups is 1. The molecule has 0 unspecified atom stereocenters. The second-order valence-electron chi connectivity index (χ2n) is 4.18. The lowest BCUT2D eigenvalue weighted by molar-refractivity contribution is 0.0942. The Morgan fingerprint density at radius 1 is 1.42 bits per heavy atom. The van der Waals surface area contributed by atoms with Crippen LogP contribution in [-0.2, 0) is 4.74 Å². The number of hydrogen-bond acceptors (Lipinski definition) is 6. The standard InChI is InChI=1S/C12H16N4O2S/c1-6-7(2)15-16-12-8(6)9(13)10(19-12)11(17)14-4-5-18-3/h4-5,13H2,1-3H3,(H,14,17).